The topological polar surface area (TPSA) is 12.0 Å². The largest absolute Gasteiger partial charge is 0.389 e. The molecular weight excluding hydrogens is 167 g/mol. The molecule has 0 bridgehead atoms. The molecule has 0 saturated carbocycles. The highest BCUT2D eigenvalue weighted by Gasteiger charge is 2.32. The predicted octanol–water partition coefficient (Wildman–Crippen LogP) is 2.43. The van der Waals surface area contributed by atoms with E-state index < -0.39 is 12.6 Å². The average molecular weight is 183 g/mol. The molecule has 0 aromatic rings. The van der Waals surface area contributed by atoms with E-state index in [1.165, 1.54) is 0 Å². The minimum Gasteiger partial charge on any atom is -0.319 e. The van der Waals surface area contributed by atoms with Gasteiger partial charge in [0.15, 0.2) is 0 Å². The summed E-state index contributed by atoms with van der Waals surface area (Å²) in [6.07, 6.45) is -4.72. The molecule has 0 rings (SSSR count). The summed E-state index contributed by atoms with van der Waals surface area (Å²) in [5.41, 5.74) is 0. The fourth-order valence-electron chi connectivity index (χ4n) is 1.10. The molecule has 0 saturated heterocycles. The van der Waals surface area contributed by atoms with Crippen molar-refractivity contribution in [2.45, 2.75) is 26.4 Å². The Bertz CT molecular complexity index is 120. The summed E-state index contributed by atoms with van der Waals surface area (Å²) < 4.78 is 35.9. The van der Waals surface area contributed by atoms with Gasteiger partial charge in [-0.1, -0.05) is 13.8 Å². The first kappa shape index (κ1) is 11.8. The van der Waals surface area contributed by atoms with E-state index in [1.54, 1.807) is 7.05 Å². The van der Waals surface area contributed by atoms with Crippen LogP contribution in [0.2, 0.25) is 0 Å². The Kier molecular flexibility index (Phi) is 4.60. The van der Waals surface area contributed by atoms with Crippen molar-refractivity contribution in [1.82, 2.24) is 5.32 Å². The highest BCUT2D eigenvalue weighted by molar-refractivity contribution is 4.68. The van der Waals surface area contributed by atoms with Crippen molar-refractivity contribution in [3.8, 4) is 0 Å². The van der Waals surface area contributed by atoms with Crippen LogP contribution in [-0.2, 0) is 0 Å². The van der Waals surface area contributed by atoms with E-state index >= 15 is 0 Å². The quantitative estimate of drug-likeness (QED) is 0.705. The molecule has 0 radical (unpaired) electrons. The molecule has 12 heavy (non-hydrogen) atoms. The van der Waals surface area contributed by atoms with Gasteiger partial charge in [-0.2, -0.15) is 13.2 Å². The Morgan fingerprint density at radius 2 is 1.75 bits per heavy atom. The van der Waals surface area contributed by atoms with Crippen LogP contribution in [0.15, 0.2) is 0 Å². The summed E-state index contributed by atoms with van der Waals surface area (Å²) in [7, 11) is 1.67. The molecule has 0 aromatic heterocycles. The second kappa shape index (κ2) is 4.70. The molecule has 1 atom stereocenters. The molecule has 0 aliphatic heterocycles. The molecule has 0 spiro atoms. The van der Waals surface area contributed by atoms with Crippen LogP contribution in [0.3, 0.4) is 0 Å². The first-order chi connectivity index (χ1) is 5.37. The van der Waals surface area contributed by atoms with Gasteiger partial charge in [-0.15, -0.1) is 0 Å². The summed E-state index contributed by atoms with van der Waals surface area (Å²) in [5, 5.41) is 2.77. The number of nitrogens with one attached hydrogen (secondary N) is 1. The van der Waals surface area contributed by atoms with Crippen LogP contribution < -0.4 is 5.32 Å². The standard InChI is InChI=1S/C8H16F3N/c1-6(2)7(5-12-3)4-8(9,10)11/h6-7,12H,4-5H2,1-3H3. The second-order valence-corrected chi connectivity index (χ2v) is 3.38. The molecule has 1 unspecified atom stereocenters. The van der Waals surface area contributed by atoms with Crippen molar-refractivity contribution in [2.75, 3.05) is 13.6 Å². The van der Waals surface area contributed by atoms with E-state index in [0.717, 1.165) is 0 Å². The summed E-state index contributed by atoms with van der Waals surface area (Å²) in [5.74, 6) is -0.242. The number of halogens is 3. The first-order valence-electron chi connectivity index (χ1n) is 4.08. The van der Waals surface area contributed by atoms with E-state index in [0.29, 0.717) is 6.54 Å². The van der Waals surface area contributed by atoms with Crippen molar-refractivity contribution < 1.29 is 13.2 Å². The van der Waals surface area contributed by atoms with Gasteiger partial charge in [0.2, 0.25) is 0 Å². The van der Waals surface area contributed by atoms with E-state index in [2.05, 4.69) is 5.32 Å². The Hall–Kier alpha value is -0.250. The predicted molar refractivity (Wildman–Crippen MR) is 42.9 cm³/mol. The third-order valence-electron chi connectivity index (χ3n) is 1.90. The molecular formula is C8H16F3N. The molecule has 0 aliphatic carbocycles. The monoisotopic (exact) mass is 183 g/mol. The third-order valence-corrected chi connectivity index (χ3v) is 1.90. The van der Waals surface area contributed by atoms with E-state index in [9.17, 15) is 13.2 Å². The van der Waals surface area contributed by atoms with Crippen molar-refractivity contribution in [2.24, 2.45) is 11.8 Å². The zero-order valence-corrected chi connectivity index (χ0v) is 7.70. The number of hydrogen-bond acceptors (Lipinski definition) is 1. The van der Waals surface area contributed by atoms with Crippen LogP contribution in [0.5, 0.6) is 0 Å². The fourth-order valence-corrected chi connectivity index (χ4v) is 1.10. The molecule has 1 N–H and O–H groups in total. The minimum absolute atomic E-state index is 0.0686. The van der Waals surface area contributed by atoms with E-state index in [1.807, 2.05) is 13.8 Å². The van der Waals surface area contributed by atoms with E-state index in [-0.39, 0.29) is 11.8 Å². The maximum absolute atomic E-state index is 12.0. The molecule has 0 aliphatic rings. The zero-order valence-electron chi connectivity index (χ0n) is 7.70. The lowest BCUT2D eigenvalue weighted by molar-refractivity contribution is -0.147. The number of alkyl halides is 3. The smallest absolute Gasteiger partial charge is 0.319 e. The minimum atomic E-state index is -4.04. The zero-order chi connectivity index (χ0) is 9.78. The summed E-state index contributed by atoms with van der Waals surface area (Å²) in [6.45, 7) is 4.05. The number of rotatable bonds is 4. The maximum atomic E-state index is 12.0. The van der Waals surface area contributed by atoms with Crippen LogP contribution in [0.1, 0.15) is 20.3 Å². The van der Waals surface area contributed by atoms with Crippen molar-refractivity contribution in [1.29, 1.82) is 0 Å². The lowest BCUT2D eigenvalue weighted by Crippen LogP contribution is -2.28. The van der Waals surface area contributed by atoms with Gasteiger partial charge in [0.25, 0.3) is 0 Å². The van der Waals surface area contributed by atoms with Crippen LogP contribution in [0.25, 0.3) is 0 Å². The third kappa shape index (κ3) is 5.41. The van der Waals surface area contributed by atoms with Crippen LogP contribution in [0.4, 0.5) is 13.2 Å². The SMILES string of the molecule is CNCC(CC(F)(F)F)C(C)C. The van der Waals surface area contributed by atoms with Gasteiger partial charge < -0.3 is 5.32 Å². The fraction of sp³-hybridized carbons (Fsp3) is 1.00. The molecule has 4 heteroatoms. The maximum Gasteiger partial charge on any atom is 0.389 e. The van der Waals surface area contributed by atoms with Gasteiger partial charge in [-0.05, 0) is 25.4 Å². The summed E-state index contributed by atoms with van der Waals surface area (Å²) in [6, 6.07) is 0. The van der Waals surface area contributed by atoms with Gasteiger partial charge in [0, 0.05) is 6.42 Å². The Morgan fingerprint density at radius 3 is 2.00 bits per heavy atom. The van der Waals surface area contributed by atoms with E-state index in [4.69, 9.17) is 0 Å². The molecule has 74 valence electrons. The van der Waals surface area contributed by atoms with Crippen molar-refractivity contribution in [3.05, 3.63) is 0 Å². The van der Waals surface area contributed by atoms with Crippen LogP contribution >= 0.6 is 0 Å². The van der Waals surface area contributed by atoms with Gasteiger partial charge in [0.1, 0.15) is 0 Å². The van der Waals surface area contributed by atoms with Crippen molar-refractivity contribution in [3.63, 3.8) is 0 Å². The lowest BCUT2D eigenvalue weighted by Gasteiger charge is -2.21. The Morgan fingerprint density at radius 1 is 1.25 bits per heavy atom. The number of hydrogen-bond donors (Lipinski definition) is 1. The molecule has 0 fully saturated rings. The summed E-state index contributed by atoms with van der Waals surface area (Å²) >= 11 is 0. The second-order valence-electron chi connectivity index (χ2n) is 3.38. The lowest BCUT2D eigenvalue weighted by atomic mass is 9.92. The molecule has 1 nitrogen and oxygen atoms in total. The van der Waals surface area contributed by atoms with Gasteiger partial charge in [0.05, 0.1) is 0 Å². The van der Waals surface area contributed by atoms with Gasteiger partial charge >= 0.3 is 6.18 Å². The Labute approximate surface area is 71.3 Å². The van der Waals surface area contributed by atoms with Crippen LogP contribution in [0, 0.1) is 11.8 Å². The van der Waals surface area contributed by atoms with Gasteiger partial charge in [-0.3, -0.25) is 0 Å². The first-order valence-corrected chi connectivity index (χ1v) is 4.08. The normalized spacial score (nSPS) is 15.2. The van der Waals surface area contributed by atoms with Gasteiger partial charge in [-0.25, -0.2) is 0 Å². The molecule has 0 heterocycles. The summed E-state index contributed by atoms with van der Waals surface area (Å²) in [4.78, 5) is 0. The molecule has 0 amide bonds. The highest BCUT2D eigenvalue weighted by atomic mass is 19.4. The average Bonchev–Trinajstić information content (AvgIpc) is 1.83. The molecule has 0 aromatic carbocycles. The highest BCUT2D eigenvalue weighted by Crippen LogP contribution is 2.28. The van der Waals surface area contributed by atoms with Crippen molar-refractivity contribution >= 4 is 0 Å². The Balaban J connectivity index is 3.95. The van der Waals surface area contributed by atoms with Crippen LogP contribution in [-0.4, -0.2) is 19.8 Å².